The van der Waals surface area contributed by atoms with Gasteiger partial charge in [0, 0.05) is 13.1 Å². The highest BCUT2D eigenvalue weighted by Gasteiger charge is 2.15. The molecule has 3 N–H and O–H groups in total. The molecule has 1 rings (SSSR count). The molecular formula is C18H30N4O3. The largest absolute Gasteiger partial charge is 0.492 e. The van der Waals surface area contributed by atoms with E-state index >= 15 is 0 Å². The fourth-order valence-electron chi connectivity index (χ4n) is 1.84. The second-order valence-electron chi connectivity index (χ2n) is 6.28. The summed E-state index contributed by atoms with van der Waals surface area (Å²) in [5.41, 5.74) is -0.497. The number of nitrogens with one attached hydrogen (secondary N) is 3. The molecule has 0 saturated carbocycles. The molecule has 0 spiro atoms. The number of aliphatic imine (C=N–C) groups is 1. The number of rotatable bonds is 8. The van der Waals surface area contributed by atoms with Crippen molar-refractivity contribution in [3.63, 3.8) is 0 Å². The number of benzene rings is 1. The molecule has 25 heavy (non-hydrogen) atoms. The van der Waals surface area contributed by atoms with E-state index in [2.05, 4.69) is 20.9 Å². The minimum Gasteiger partial charge on any atom is -0.492 e. The van der Waals surface area contributed by atoms with Crippen molar-refractivity contribution in [1.29, 1.82) is 0 Å². The number of carbonyl (C=O) groups is 1. The van der Waals surface area contributed by atoms with Crippen LogP contribution in [0, 0.1) is 0 Å². The molecule has 0 aliphatic heterocycles. The van der Waals surface area contributed by atoms with Gasteiger partial charge < -0.3 is 25.4 Å². The summed E-state index contributed by atoms with van der Waals surface area (Å²) in [5, 5.41) is 9.01. The maximum atomic E-state index is 11.5. The molecule has 7 heteroatoms. The highest BCUT2D eigenvalue weighted by Crippen LogP contribution is 2.07. The third kappa shape index (κ3) is 10.9. The second-order valence-corrected chi connectivity index (χ2v) is 6.28. The van der Waals surface area contributed by atoms with Gasteiger partial charge in [0.1, 0.15) is 18.0 Å². The van der Waals surface area contributed by atoms with Crippen LogP contribution >= 0.6 is 0 Å². The van der Waals surface area contributed by atoms with Crippen LogP contribution in [0.4, 0.5) is 4.79 Å². The first-order valence-corrected chi connectivity index (χ1v) is 8.57. The van der Waals surface area contributed by atoms with E-state index in [0.717, 1.165) is 12.3 Å². The first-order valence-electron chi connectivity index (χ1n) is 8.57. The van der Waals surface area contributed by atoms with Gasteiger partial charge in [0.25, 0.3) is 0 Å². The molecule has 0 atom stereocenters. The zero-order chi connectivity index (χ0) is 18.5. The molecule has 0 aliphatic rings. The molecule has 0 radical (unpaired) electrons. The smallest absolute Gasteiger partial charge is 0.407 e. The lowest BCUT2D eigenvalue weighted by Crippen LogP contribution is -2.40. The highest BCUT2D eigenvalue weighted by atomic mass is 16.6. The van der Waals surface area contributed by atoms with Gasteiger partial charge in [-0.25, -0.2) is 4.79 Å². The average Bonchev–Trinajstić information content (AvgIpc) is 2.54. The van der Waals surface area contributed by atoms with Crippen molar-refractivity contribution in [2.45, 2.75) is 33.3 Å². The molecule has 0 heterocycles. The number of guanidine groups is 1. The van der Waals surface area contributed by atoms with Gasteiger partial charge in [-0.15, -0.1) is 0 Å². The Morgan fingerprint density at radius 2 is 1.80 bits per heavy atom. The van der Waals surface area contributed by atoms with E-state index < -0.39 is 11.7 Å². The molecule has 0 bridgehead atoms. The normalized spacial score (nSPS) is 11.6. The molecule has 0 aromatic heterocycles. The van der Waals surface area contributed by atoms with Crippen LogP contribution in [0.1, 0.15) is 27.7 Å². The van der Waals surface area contributed by atoms with Gasteiger partial charge in [0.05, 0.1) is 13.1 Å². The van der Waals surface area contributed by atoms with Crippen LogP contribution in [-0.2, 0) is 4.74 Å². The lowest BCUT2D eigenvalue weighted by atomic mass is 10.2. The van der Waals surface area contributed by atoms with Gasteiger partial charge in [-0.2, -0.15) is 0 Å². The van der Waals surface area contributed by atoms with Gasteiger partial charge in [-0.05, 0) is 39.8 Å². The van der Waals surface area contributed by atoms with Crippen molar-refractivity contribution in [2.75, 3.05) is 32.8 Å². The van der Waals surface area contributed by atoms with Crippen LogP contribution in [0.25, 0.3) is 0 Å². The van der Waals surface area contributed by atoms with E-state index in [0.29, 0.717) is 32.2 Å². The fourth-order valence-corrected chi connectivity index (χ4v) is 1.84. The van der Waals surface area contributed by atoms with Gasteiger partial charge in [-0.3, -0.25) is 4.99 Å². The van der Waals surface area contributed by atoms with Crippen LogP contribution < -0.4 is 20.7 Å². The summed E-state index contributed by atoms with van der Waals surface area (Å²) in [4.78, 5) is 15.9. The third-order valence-corrected chi connectivity index (χ3v) is 2.80. The SMILES string of the molecule is CCNC(=NCCNC(=O)OC(C)(C)C)NCCOc1ccccc1. The summed E-state index contributed by atoms with van der Waals surface area (Å²) in [7, 11) is 0. The lowest BCUT2D eigenvalue weighted by molar-refractivity contribution is 0.0529. The molecular weight excluding hydrogens is 320 g/mol. The summed E-state index contributed by atoms with van der Waals surface area (Å²) in [5.74, 6) is 1.53. The molecule has 0 aliphatic carbocycles. The molecule has 0 unspecified atom stereocenters. The minimum atomic E-state index is -0.497. The first kappa shape index (κ1) is 20.6. The van der Waals surface area contributed by atoms with Crippen LogP contribution in [0.3, 0.4) is 0 Å². The zero-order valence-corrected chi connectivity index (χ0v) is 15.6. The van der Waals surface area contributed by atoms with Crippen molar-refractivity contribution in [3.05, 3.63) is 30.3 Å². The van der Waals surface area contributed by atoms with E-state index in [1.807, 2.05) is 58.0 Å². The number of carbonyl (C=O) groups excluding carboxylic acids is 1. The molecule has 1 aromatic carbocycles. The van der Waals surface area contributed by atoms with E-state index in [9.17, 15) is 4.79 Å². The van der Waals surface area contributed by atoms with Gasteiger partial charge in [0.15, 0.2) is 5.96 Å². The summed E-state index contributed by atoms with van der Waals surface area (Å²) in [6.45, 7) is 10.3. The number of nitrogens with zero attached hydrogens (tertiary/aromatic N) is 1. The van der Waals surface area contributed by atoms with Crippen LogP contribution in [0.15, 0.2) is 35.3 Å². The van der Waals surface area contributed by atoms with Crippen molar-refractivity contribution >= 4 is 12.1 Å². The lowest BCUT2D eigenvalue weighted by Gasteiger charge is -2.19. The standard InChI is InChI=1S/C18H30N4O3/c1-5-19-16(20-11-12-22-17(23)25-18(2,3)4)21-13-14-24-15-9-7-6-8-10-15/h6-10H,5,11-14H2,1-4H3,(H,22,23)(H2,19,20,21). The second kappa shape index (κ2) is 11.2. The van der Waals surface area contributed by atoms with Crippen molar-refractivity contribution in [2.24, 2.45) is 4.99 Å². The van der Waals surface area contributed by atoms with E-state index in [1.165, 1.54) is 0 Å². The molecule has 1 aromatic rings. The summed E-state index contributed by atoms with van der Waals surface area (Å²) >= 11 is 0. The summed E-state index contributed by atoms with van der Waals surface area (Å²) in [6, 6.07) is 9.66. The average molecular weight is 350 g/mol. The predicted molar refractivity (Wildman–Crippen MR) is 100 cm³/mol. The number of para-hydroxylation sites is 1. The summed E-state index contributed by atoms with van der Waals surface area (Å²) < 4.78 is 10.8. The maximum Gasteiger partial charge on any atom is 0.407 e. The van der Waals surface area contributed by atoms with Crippen LogP contribution in [-0.4, -0.2) is 50.4 Å². The fraction of sp³-hybridized carbons (Fsp3) is 0.556. The molecule has 140 valence electrons. The Bertz CT molecular complexity index is 527. The molecule has 0 fully saturated rings. The highest BCUT2D eigenvalue weighted by molar-refractivity contribution is 5.79. The molecule has 7 nitrogen and oxygen atoms in total. The minimum absolute atomic E-state index is 0.409. The van der Waals surface area contributed by atoms with Gasteiger partial charge in [-0.1, -0.05) is 18.2 Å². The molecule has 1 amide bonds. The Morgan fingerprint density at radius 1 is 1.08 bits per heavy atom. The Kier molecular flexibility index (Phi) is 9.21. The Morgan fingerprint density at radius 3 is 2.44 bits per heavy atom. The van der Waals surface area contributed by atoms with Gasteiger partial charge >= 0.3 is 6.09 Å². The predicted octanol–water partition coefficient (Wildman–Crippen LogP) is 2.15. The number of amides is 1. The number of hydrogen-bond acceptors (Lipinski definition) is 4. The van der Waals surface area contributed by atoms with E-state index in [4.69, 9.17) is 9.47 Å². The number of hydrogen-bond donors (Lipinski definition) is 3. The Balaban J connectivity index is 2.25. The van der Waals surface area contributed by atoms with Crippen molar-refractivity contribution in [1.82, 2.24) is 16.0 Å². The topological polar surface area (TPSA) is 84.0 Å². The van der Waals surface area contributed by atoms with Gasteiger partial charge in [0.2, 0.25) is 0 Å². The first-order chi connectivity index (χ1) is 11.9. The van der Waals surface area contributed by atoms with Crippen molar-refractivity contribution in [3.8, 4) is 5.75 Å². The number of alkyl carbamates (subject to hydrolysis) is 1. The van der Waals surface area contributed by atoms with Crippen molar-refractivity contribution < 1.29 is 14.3 Å². The monoisotopic (exact) mass is 350 g/mol. The van der Waals surface area contributed by atoms with E-state index in [1.54, 1.807) is 0 Å². The Hall–Kier alpha value is -2.44. The zero-order valence-electron chi connectivity index (χ0n) is 15.6. The van der Waals surface area contributed by atoms with Crippen LogP contribution in [0.5, 0.6) is 5.75 Å². The molecule has 0 saturated heterocycles. The quantitative estimate of drug-likeness (QED) is 0.380. The van der Waals surface area contributed by atoms with E-state index in [-0.39, 0.29) is 0 Å². The van der Waals surface area contributed by atoms with Crippen LogP contribution in [0.2, 0.25) is 0 Å². The number of ether oxygens (including phenoxy) is 2. The summed E-state index contributed by atoms with van der Waals surface area (Å²) in [6.07, 6.45) is -0.433. The third-order valence-electron chi connectivity index (χ3n) is 2.80. The Labute approximate surface area is 150 Å². The maximum absolute atomic E-state index is 11.5.